The molecule has 0 aliphatic heterocycles. The van der Waals surface area contributed by atoms with Crippen molar-refractivity contribution >= 4 is 14.3 Å². The molecule has 144 valence electrons. The van der Waals surface area contributed by atoms with E-state index in [2.05, 4.69) is 62.3 Å². The van der Waals surface area contributed by atoms with Crippen LogP contribution in [0.4, 0.5) is 0 Å². The quantitative estimate of drug-likeness (QED) is 0.238. The summed E-state index contributed by atoms with van der Waals surface area (Å²) in [4.78, 5) is 11.0. The van der Waals surface area contributed by atoms with Gasteiger partial charge in [0.25, 0.3) is 0 Å². The third-order valence-corrected chi connectivity index (χ3v) is 9.05. The number of hydrogen-bond acceptors (Lipinski definition) is 3. The van der Waals surface area contributed by atoms with Crippen molar-refractivity contribution in [2.24, 2.45) is 0 Å². The standard InChI is InChI=1S/C23H30O3Si/c1-23(2,3)27(5,6)26-19-13-17-21-16-12-11-15-20(21)14-9-7-8-10-18-22(24)25-4/h10-12,15-16,18H,7-8,19H2,1-6H3/b18-10+. The Kier molecular flexibility index (Phi) is 9.08. The van der Waals surface area contributed by atoms with Gasteiger partial charge in [0.15, 0.2) is 8.32 Å². The highest BCUT2D eigenvalue weighted by atomic mass is 28.4. The van der Waals surface area contributed by atoms with E-state index < -0.39 is 8.32 Å². The van der Waals surface area contributed by atoms with Crippen LogP contribution in [0.1, 0.15) is 44.7 Å². The summed E-state index contributed by atoms with van der Waals surface area (Å²) in [6.45, 7) is 11.6. The van der Waals surface area contributed by atoms with Gasteiger partial charge in [-0.05, 0) is 36.7 Å². The Morgan fingerprint density at radius 3 is 2.26 bits per heavy atom. The number of carbonyl (C=O) groups is 1. The highest BCUT2D eigenvalue weighted by Crippen LogP contribution is 2.36. The molecule has 0 aliphatic carbocycles. The smallest absolute Gasteiger partial charge is 0.330 e. The highest BCUT2D eigenvalue weighted by molar-refractivity contribution is 6.74. The fourth-order valence-corrected chi connectivity index (χ4v) is 2.69. The molecule has 3 nitrogen and oxygen atoms in total. The lowest BCUT2D eigenvalue weighted by molar-refractivity contribution is -0.134. The van der Waals surface area contributed by atoms with E-state index in [1.807, 2.05) is 24.3 Å². The largest absolute Gasteiger partial charge is 0.466 e. The normalized spacial score (nSPS) is 11.3. The SMILES string of the molecule is COC(=O)/C=C/CCC#Cc1ccccc1C#CCO[Si](C)(C)C(C)(C)C. The van der Waals surface area contributed by atoms with Gasteiger partial charge in [-0.1, -0.05) is 62.7 Å². The molecule has 0 atom stereocenters. The second-order valence-corrected chi connectivity index (χ2v) is 12.5. The molecule has 1 aromatic rings. The third kappa shape index (κ3) is 8.30. The van der Waals surface area contributed by atoms with E-state index in [1.54, 1.807) is 6.08 Å². The molecule has 4 heteroatoms. The summed E-state index contributed by atoms with van der Waals surface area (Å²) in [7, 11) is -0.408. The zero-order valence-corrected chi connectivity index (χ0v) is 18.3. The van der Waals surface area contributed by atoms with Gasteiger partial charge < -0.3 is 9.16 Å². The minimum absolute atomic E-state index is 0.181. The number of rotatable bonds is 5. The topological polar surface area (TPSA) is 35.5 Å². The van der Waals surface area contributed by atoms with Crippen LogP contribution in [-0.2, 0) is 14.0 Å². The van der Waals surface area contributed by atoms with Gasteiger partial charge in [0, 0.05) is 23.6 Å². The average Bonchev–Trinajstić information content (AvgIpc) is 2.61. The lowest BCUT2D eigenvalue weighted by Gasteiger charge is -2.35. The molecule has 0 aliphatic rings. The second kappa shape index (κ2) is 10.8. The summed E-state index contributed by atoms with van der Waals surface area (Å²) in [5, 5.41) is 0.181. The molecule has 1 rings (SSSR count). The maximum Gasteiger partial charge on any atom is 0.330 e. The molecule has 0 unspecified atom stereocenters. The number of allylic oxidation sites excluding steroid dienone is 1. The molecule has 0 bridgehead atoms. The maximum atomic E-state index is 11.0. The third-order valence-electron chi connectivity index (χ3n) is 4.58. The molecule has 0 aromatic heterocycles. The Labute approximate surface area is 165 Å². The van der Waals surface area contributed by atoms with Crippen LogP contribution in [0.15, 0.2) is 36.4 Å². The number of esters is 1. The van der Waals surface area contributed by atoms with Crippen molar-refractivity contribution in [2.75, 3.05) is 13.7 Å². The zero-order chi connectivity index (χ0) is 20.3. The molecule has 0 amide bonds. The van der Waals surface area contributed by atoms with Crippen molar-refractivity contribution in [1.82, 2.24) is 0 Å². The van der Waals surface area contributed by atoms with Gasteiger partial charge in [0.1, 0.15) is 0 Å². The first kappa shape index (κ1) is 22.8. The molecular weight excluding hydrogens is 352 g/mol. The van der Waals surface area contributed by atoms with Crippen LogP contribution in [0.3, 0.4) is 0 Å². The first-order valence-electron chi connectivity index (χ1n) is 9.12. The van der Waals surface area contributed by atoms with E-state index in [0.29, 0.717) is 19.4 Å². The van der Waals surface area contributed by atoms with Crippen LogP contribution in [0.2, 0.25) is 18.1 Å². The van der Waals surface area contributed by atoms with Crippen molar-refractivity contribution in [3.05, 3.63) is 47.5 Å². The Bertz CT molecular complexity index is 778. The first-order valence-corrected chi connectivity index (χ1v) is 12.0. The van der Waals surface area contributed by atoms with Crippen LogP contribution >= 0.6 is 0 Å². The van der Waals surface area contributed by atoms with Crippen LogP contribution in [0, 0.1) is 23.7 Å². The Hall–Kier alpha value is -2.27. The summed E-state index contributed by atoms with van der Waals surface area (Å²) >= 11 is 0. The van der Waals surface area contributed by atoms with Gasteiger partial charge >= 0.3 is 5.97 Å². The predicted octanol–water partition coefficient (Wildman–Crippen LogP) is 4.92. The molecule has 0 fully saturated rings. The van der Waals surface area contributed by atoms with E-state index in [0.717, 1.165) is 11.1 Å². The number of ether oxygens (including phenoxy) is 1. The number of carbonyl (C=O) groups excluding carboxylic acids is 1. The fraction of sp³-hybridized carbons (Fsp3) is 0.435. The van der Waals surface area contributed by atoms with Crippen molar-refractivity contribution in [2.45, 2.75) is 51.7 Å². The lowest BCUT2D eigenvalue weighted by Crippen LogP contribution is -2.40. The summed E-state index contributed by atoms with van der Waals surface area (Å²) in [5.41, 5.74) is 1.82. The molecule has 0 saturated heterocycles. The molecule has 0 N–H and O–H groups in total. The highest BCUT2D eigenvalue weighted by Gasteiger charge is 2.36. The van der Waals surface area contributed by atoms with E-state index >= 15 is 0 Å². The van der Waals surface area contributed by atoms with Gasteiger partial charge in [0.2, 0.25) is 0 Å². The second-order valence-electron chi connectivity index (χ2n) is 7.66. The van der Waals surface area contributed by atoms with Crippen LogP contribution in [0.25, 0.3) is 0 Å². The number of unbranched alkanes of at least 4 members (excludes halogenated alkanes) is 1. The number of methoxy groups -OCH3 is 1. The van der Waals surface area contributed by atoms with Crippen LogP contribution in [0.5, 0.6) is 0 Å². The van der Waals surface area contributed by atoms with Crippen molar-refractivity contribution < 1.29 is 14.0 Å². The molecule has 0 heterocycles. The zero-order valence-electron chi connectivity index (χ0n) is 17.3. The Balaban J connectivity index is 2.67. The molecule has 27 heavy (non-hydrogen) atoms. The Morgan fingerprint density at radius 1 is 1.11 bits per heavy atom. The van der Waals surface area contributed by atoms with Crippen molar-refractivity contribution in [1.29, 1.82) is 0 Å². The van der Waals surface area contributed by atoms with Crippen LogP contribution in [-0.4, -0.2) is 28.0 Å². The minimum atomic E-state index is -1.77. The molecule has 0 spiro atoms. The van der Waals surface area contributed by atoms with E-state index in [-0.39, 0.29) is 11.0 Å². The van der Waals surface area contributed by atoms with Crippen molar-refractivity contribution in [3.63, 3.8) is 0 Å². The van der Waals surface area contributed by atoms with Gasteiger partial charge in [-0.2, -0.15) is 0 Å². The number of benzene rings is 1. The van der Waals surface area contributed by atoms with E-state index in [1.165, 1.54) is 13.2 Å². The maximum absolute atomic E-state index is 11.0. The Morgan fingerprint density at radius 2 is 1.70 bits per heavy atom. The molecular formula is C23H30O3Si. The summed E-state index contributed by atoms with van der Waals surface area (Å²) in [6, 6.07) is 7.86. The summed E-state index contributed by atoms with van der Waals surface area (Å²) in [5.74, 6) is 12.3. The fourth-order valence-electron chi connectivity index (χ4n) is 1.83. The monoisotopic (exact) mass is 382 g/mol. The van der Waals surface area contributed by atoms with Gasteiger partial charge in [0.05, 0.1) is 13.7 Å². The first-order chi connectivity index (χ1) is 12.7. The average molecular weight is 383 g/mol. The molecule has 0 radical (unpaired) electrons. The summed E-state index contributed by atoms with van der Waals surface area (Å²) < 4.78 is 10.6. The van der Waals surface area contributed by atoms with Crippen LogP contribution < -0.4 is 0 Å². The van der Waals surface area contributed by atoms with Gasteiger partial charge in [-0.15, -0.1) is 0 Å². The predicted molar refractivity (Wildman–Crippen MR) is 114 cm³/mol. The minimum Gasteiger partial charge on any atom is -0.466 e. The summed E-state index contributed by atoms with van der Waals surface area (Å²) in [6.07, 6.45) is 4.56. The van der Waals surface area contributed by atoms with Crippen molar-refractivity contribution in [3.8, 4) is 23.7 Å². The van der Waals surface area contributed by atoms with Gasteiger partial charge in [-0.25, -0.2) is 4.79 Å². The van der Waals surface area contributed by atoms with E-state index in [9.17, 15) is 4.79 Å². The van der Waals surface area contributed by atoms with E-state index in [4.69, 9.17) is 4.43 Å². The lowest BCUT2D eigenvalue weighted by atomic mass is 10.1. The number of hydrogen-bond donors (Lipinski definition) is 0. The molecule has 0 saturated carbocycles. The van der Waals surface area contributed by atoms with Gasteiger partial charge in [-0.3, -0.25) is 0 Å². The molecule has 1 aromatic carbocycles.